The molecule has 3 aromatic rings. The molecule has 8 nitrogen and oxygen atoms in total. The first-order valence-electron chi connectivity index (χ1n) is 8.84. The minimum atomic E-state index is -3.81. The zero-order chi connectivity index (χ0) is 20.6. The number of hydrogen-bond acceptors (Lipinski definition) is 7. The second kappa shape index (κ2) is 7.77. The van der Waals surface area contributed by atoms with Crippen LogP contribution in [-0.4, -0.2) is 42.5 Å². The number of aryl methyl sites for hydroxylation is 1. The van der Waals surface area contributed by atoms with E-state index < -0.39 is 10.0 Å². The van der Waals surface area contributed by atoms with Crippen molar-refractivity contribution in [3.05, 3.63) is 46.1 Å². The molecule has 2 aromatic heterocycles. The second-order valence-corrected chi connectivity index (χ2v) is 9.90. The lowest BCUT2D eigenvalue weighted by atomic mass is 10.2. The van der Waals surface area contributed by atoms with Crippen LogP contribution >= 0.6 is 22.9 Å². The Morgan fingerprint density at radius 1 is 1.28 bits per heavy atom. The Morgan fingerprint density at radius 3 is 2.79 bits per heavy atom. The molecule has 1 N–H and O–H groups in total. The van der Waals surface area contributed by atoms with Gasteiger partial charge in [-0.15, -0.1) is 11.3 Å². The molecular weight excluding hydrogens is 436 g/mol. The molecule has 29 heavy (non-hydrogen) atoms. The Bertz CT molecular complexity index is 1170. The number of halogens is 1. The van der Waals surface area contributed by atoms with Crippen LogP contribution in [0.2, 0.25) is 5.02 Å². The van der Waals surface area contributed by atoms with Crippen LogP contribution in [0.5, 0.6) is 0 Å². The monoisotopic (exact) mass is 452 g/mol. The fraction of sp³-hybridized carbons (Fsp3) is 0.278. The van der Waals surface area contributed by atoms with E-state index in [1.54, 1.807) is 35.4 Å². The molecule has 3 heterocycles. The zero-order valence-electron chi connectivity index (χ0n) is 15.4. The number of benzene rings is 1. The lowest BCUT2D eigenvalue weighted by Gasteiger charge is -2.10. The number of carbonyl (C=O) groups excluding carboxylic acids is 1. The molecule has 1 aliphatic heterocycles. The molecule has 0 unspecified atom stereocenters. The van der Waals surface area contributed by atoms with Crippen molar-refractivity contribution in [2.24, 2.45) is 0 Å². The fourth-order valence-corrected chi connectivity index (χ4v) is 5.41. The number of anilines is 1. The van der Waals surface area contributed by atoms with Crippen molar-refractivity contribution < 1.29 is 17.7 Å². The van der Waals surface area contributed by atoms with Crippen molar-refractivity contribution >= 4 is 44.6 Å². The maximum absolute atomic E-state index is 12.7. The molecule has 1 aromatic carbocycles. The number of amides is 1. The zero-order valence-corrected chi connectivity index (χ0v) is 17.8. The summed E-state index contributed by atoms with van der Waals surface area (Å²) in [5.41, 5.74) is 1.62. The molecular formula is C18H17ClN4O4S2. The Morgan fingerprint density at radius 2 is 2.03 bits per heavy atom. The number of rotatable bonds is 5. The molecule has 0 atom stereocenters. The molecule has 152 valence electrons. The van der Waals surface area contributed by atoms with Crippen LogP contribution in [0, 0.1) is 6.92 Å². The number of hydrogen-bond donors (Lipinski definition) is 1. The van der Waals surface area contributed by atoms with Gasteiger partial charge in [-0.2, -0.15) is 4.98 Å². The highest BCUT2D eigenvalue weighted by Crippen LogP contribution is 2.30. The molecule has 1 aliphatic rings. The highest BCUT2D eigenvalue weighted by atomic mass is 35.5. The first kappa shape index (κ1) is 19.9. The lowest BCUT2D eigenvalue weighted by Crippen LogP contribution is -2.27. The van der Waals surface area contributed by atoms with Gasteiger partial charge in [0.05, 0.1) is 5.69 Å². The van der Waals surface area contributed by atoms with Gasteiger partial charge in [-0.1, -0.05) is 22.8 Å². The molecule has 1 fully saturated rings. The summed E-state index contributed by atoms with van der Waals surface area (Å²) in [6.07, 6.45) is 1.91. The van der Waals surface area contributed by atoms with Crippen LogP contribution in [0.25, 0.3) is 11.4 Å². The Labute approximate surface area is 176 Å². The Kier molecular flexibility index (Phi) is 5.32. The van der Waals surface area contributed by atoms with Gasteiger partial charge in [0.15, 0.2) is 0 Å². The van der Waals surface area contributed by atoms with Crippen LogP contribution in [-0.2, 0) is 10.0 Å². The van der Waals surface area contributed by atoms with Gasteiger partial charge >= 0.3 is 11.8 Å². The fourth-order valence-electron chi connectivity index (χ4n) is 2.96. The van der Waals surface area contributed by atoms with E-state index in [0.717, 1.165) is 29.7 Å². The SMILES string of the molecule is Cc1ccc(Cl)cc1NS(=O)(=O)c1cc(-c2noc(C(=O)N3CCCC3)n2)cs1. The van der Waals surface area contributed by atoms with Crippen molar-refractivity contribution in [3.8, 4) is 11.4 Å². The first-order chi connectivity index (χ1) is 13.8. The van der Waals surface area contributed by atoms with Crippen molar-refractivity contribution in [1.82, 2.24) is 15.0 Å². The standard InChI is InChI=1S/C18H17ClN4O4S2/c1-11-4-5-13(19)9-14(11)22-29(25,26)15-8-12(10-28-15)16-20-17(27-21-16)18(24)23-6-2-3-7-23/h4-5,8-10,22H,2-3,6-7H2,1H3. The van der Waals surface area contributed by atoms with Gasteiger partial charge in [0.1, 0.15) is 4.21 Å². The number of nitrogens with one attached hydrogen (secondary N) is 1. The Balaban J connectivity index is 1.55. The van der Waals surface area contributed by atoms with Crippen LogP contribution in [0.3, 0.4) is 0 Å². The van der Waals surface area contributed by atoms with E-state index in [1.807, 2.05) is 0 Å². The van der Waals surface area contributed by atoms with Crippen LogP contribution in [0.15, 0.2) is 38.4 Å². The van der Waals surface area contributed by atoms with E-state index in [1.165, 1.54) is 6.07 Å². The number of aromatic nitrogens is 2. The van der Waals surface area contributed by atoms with Crippen molar-refractivity contribution in [2.75, 3.05) is 17.8 Å². The molecule has 0 radical (unpaired) electrons. The van der Waals surface area contributed by atoms with Crippen LogP contribution in [0.1, 0.15) is 29.1 Å². The first-order valence-corrected chi connectivity index (χ1v) is 11.6. The maximum Gasteiger partial charge on any atom is 0.316 e. The molecule has 1 saturated heterocycles. The predicted octanol–water partition coefficient (Wildman–Crippen LogP) is 3.80. The van der Waals surface area contributed by atoms with E-state index in [0.29, 0.717) is 29.4 Å². The average molecular weight is 453 g/mol. The minimum Gasteiger partial charge on any atom is -0.334 e. The quantitative estimate of drug-likeness (QED) is 0.631. The summed E-state index contributed by atoms with van der Waals surface area (Å²) in [7, 11) is -3.81. The smallest absolute Gasteiger partial charge is 0.316 e. The van der Waals surface area contributed by atoms with Gasteiger partial charge in [-0.25, -0.2) is 8.42 Å². The predicted molar refractivity (Wildman–Crippen MR) is 110 cm³/mol. The van der Waals surface area contributed by atoms with Crippen LogP contribution < -0.4 is 4.72 Å². The summed E-state index contributed by atoms with van der Waals surface area (Å²) < 4.78 is 33.2. The lowest BCUT2D eigenvalue weighted by molar-refractivity contribution is 0.0743. The third-order valence-corrected chi connectivity index (χ3v) is 7.58. The normalized spacial score (nSPS) is 14.3. The highest BCUT2D eigenvalue weighted by Gasteiger charge is 2.26. The maximum atomic E-state index is 12.7. The van der Waals surface area contributed by atoms with E-state index >= 15 is 0 Å². The second-order valence-electron chi connectivity index (χ2n) is 6.64. The number of nitrogens with zero attached hydrogens (tertiary/aromatic N) is 3. The summed E-state index contributed by atoms with van der Waals surface area (Å²) >= 11 is 6.98. The summed E-state index contributed by atoms with van der Waals surface area (Å²) in [6, 6.07) is 6.42. The number of likely N-dealkylation sites (tertiary alicyclic amines) is 1. The van der Waals surface area contributed by atoms with E-state index in [4.69, 9.17) is 16.1 Å². The minimum absolute atomic E-state index is 0.0871. The molecule has 0 saturated carbocycles. The van der Waals surface area contributed by atoms with Gasteiger partial charge in [0, 0.05) is 29.1 Å². The van der Waals surface area contributed by atoms with E-state index in [9.17, 15) is 13.2 Å². The Hall–Kier alpha value is -2.43. The third kappa shape index (κ3) is 4.14. The van der Waals surface area contributed by atoms with Crippen molar-refractivity contribution in [2.45, 2.75) is 24.0 Å². The van der Waals surface area contributed by atoms with Gasteiger partial charge in [-0.05, 0) is 43.5 Å². The molecule has 0 aliphatic carbocycles. The number of sulfonamides is 1. The number of thiophene rings is 1. The molecule has 0 spiro atoms. The molecule has 11 heteroatoms. The van der Waals surface area contributed by atoms with Gasteiger partial charge in [-0.3, -0.25) is 9.52 Å². The average Bonchev–Trinajstić information content (AvgIpc) is 3.44. The van der Waals surface area contributed by atoms with Crippen molar-refractivity contribution in [1.29, 1.82) is 0 Å². The largest absolute Gasteiger partial charge is 0.334 e. The summed E-state index contributed by atoms with van der Waals surface area (Å²) in [6.45, 7) is 3.13. The molecule has 0 bridgehead atoms. The number of carbonyl (C=O) groups is 1. The summed E-state index contributed by atoms with van der Waals surface area (Å²) in [4.78, 5) is 18.1. The highest BCUT2D eigenvalue weighted by molar-refractivity contribution is 7.94. The van der Waals surface area contributed by atoms with E-state index in [2.05, 4.69) is 14.9 Å². The van der Waals surface area contributed by atoms with Crippen LogP contribution in [0.4, 0.5) is 5.69 Å². The third-order valence-electron chi connectivity index (χ3n) is 4.54. The van der Waals surface area contributed by atoms with Gasteiger partial charge in [0.2, 0.25) is 5.82 Å². The van der Waals surface area contributed by atoms with Gasteiger partial charge in [0.25, 0.3) is 10.0 Å². The van der Waals surface area contributed by atoms with E-state index in [-0.39, 0.29) is 21.8 Å². The topological polar surface area (TPSA) is 105 Å². The van der Waals surface area contributed by atoms with Gasteiger partial charge < -0.3 is 9.42 Å². The molecule has 1 amide bonds. The summed E-state index contributed by atoms with van der Waals surface area (Å²) in [5, 5.41) is 5.86. The van der Waals surface area contributed by atoms with Crippen molar-refractivity contribution in [3.63, 3.8) is 0 Å². The molecule has 4 rings (SSSR count). The summed E-state index contributed by atoms with van der Waals surface area (Å²) in [5.74, 6) is -0.225.